The molecule has 1 aromatic heterocycles. The second kappa shape index (κ2) is 2.79. The van der Waals surface area contributed by atoms with Crippen molar-refractivity contribution in [1.82, 2.24) is 4.98 Å². The molecule has 0 unspecified atom stereocenters. The summed E-state index contributed by atoms with van der Waals surface area (Å²) in [5, 5.41) is 0. The molecule has 2 nitrogen and oxygen atoms in total. The van der Waals surface area contributed by atoms with E-state index in [2.05, 4.69) is 4.98 Å². The van der Waals surface area contributed by atoms with Gasteiger partial charge in [-0.1, -0.05) is 0 Å². The van der Waals surface area contributed by atoms with Crippen LogP contribution < -0.4 is 9.64 Å². The van der Waals surface area contributed by atoms with E-state index in [0.29, 0.717) is 4.91 Å². The summed E-state index contributed by atoms with van der Waals surface area (Å²) in [4.78, 5) is 4.73. The maximum absolute atomic E-state index is 5.55. The largest absolute Gasteiger partial charge is 0.497 e. The molecular formula is C8H6BNOS. The van der Waals surface area contributed by atoms with Crippen molar-refractivity contribution in [2.45, 2.75) is 0 Å². The van der Waals surface area contributed by atoms with E-state index in [1.165, 1.54) is 11.3 Å². The van der Waals surface area contributed by atoms with Crippen molar-refractivity contribution in [3.8, 4) is 5.75 Å². The Kier molecular flexibility index (Phi) is 1.77. The van der Waals surface area contributed by atoms with Crippen molar-refractivity contribution in [2.24, 2.45) is 0 Å². The molecular weight excluding hydrogens is 169 g/mol. The van der Waals surface area contributed by atoms with Gasteiger partial charge >= 0.3 is 0 Å². The van der Waals surface area contributed by atoms with Gasteiger partial charge in [0.2, 0.25) is 0 Å². The van der Waals surface area contributed by atoms with E-state index in [0.717, 1.165) is 16.0 Å². The van der Waals surface area contributed by atoms with E-state index >= 15 is 0 Å². The summed E-state index contributed by atoms with van der Waals surface area (Å²) < 4.78 is 6.15. The van der Waals surface area contributed by atoms with Gasteiger partial charge < -0.3 is 4.74 Å². The number of benzene rings is 1. The number of hydrogen-bond donors (Lipinski definition) is 0. The second-order valence-corrected chi connectivity index (χ2v) is 3.45. The maximum Gasteiger partial charge on any atom is 0.157 e. The van der Waals surface area contributed by atoms with E-state index in [1.807, 2.05) is 18.2 Å². The molecule has 0 aliphatic heterocycles. The standard InChI is InChI=1S/C8H6BNOS/c1-11-5-2-3-7-6(4-5)10-8(9)12-7/h2-4H,1H3. The molecule has 1 heterocycles. The van der Waals surface area contributed by atoms with Gasteiger partial charge in [0.15, 0.2) is 7.85 Å². The van der Waals surface area contributed by atoms with Gasteiger partial charge in [0.05, 0.1) is 17.3 Å². The first kappa shape index (κ1) is 7.62. The highest BCUT2D eigenvalue weighted by Crippen LogP contribution is 2.20. The van der Waals surface area contributed by atoms with Crippen LogP contribution in [0.3, 0.4) is 0 Å². The number of hydrogen-bond acceptors (Lipinski definition) is 3. The lowest BCUT2D eigenvalue weighted by Gasteiger charge is -1.96. The number of rotatable bonds is 1. The predicted molar refractivity (Wildman–Crippen MR) is 51.6 cm³/mol. The van der Waals surface area contributed by atoms with Crippen molar-refractivity contribution in [3.05, 3.63) is 18.2 Å². The maximum atomic E-state index is 5.55. The molecule has 4 heteroatoms. The van der Waals surface area contributed by atoms with Crippen molar-refractivity contribution >= 4 is 34.3 Å². The normalized spacial score (nSPS) is 10.4. The number of aromatic nitrogens is 1. The zero-order chi connectivity index (χ0) is 8.55. The monoisotopic (exact) mass is 175 g/mol. The first-order valence-corrected chi connectivity index (χ1v) is 4.31. The summed E-state index contributed by atoms with van der Waals surface area (Å²) in [5.41, 5.74) is 0.900. The van der Waals surface area contributed by atoms with Crippen LogP contribution in [-0.4, -0.2) is 19.9 Å². The van der Waals surface area contributed by atoms with Crippen LogP contribution in [0.2, 0.25) is 0 Å². The summed E-state index contributed by atoms with van der Waals surface area (Å²) >= 11 is 1.48. The fourth-order valence-electron chi connectivity index (χ4n) is 1.05. The Morgan fingerprint density at radius 2 is 2.33 bits per heavy atom. The Hall–Kier alpha value is -1.03. The van der Waals surface area contributed by atoms with Crippen LogP contribution in [0.4, 0.5) is 0 Å². The number of fused-ring (bicyclic) bond motifs is 1. The molecule has 58 valence electrons. The van der Waals surface area contributed by atoms with Crippen LogP contribution in [0, 0.1) is 0 Å². The van der Waals surface area contributed by atoms with Crippen molar-refractivity contribution in [1.29, 1.82) is 0 Å². The molecule has 0 spiro atoms. The molecule has 0 bridgehead atoms. The predicted octanol–water partition coefficient (Wildman–Crippen LogP) is 1.10. The summed E-state index contributed by atoms with van der Waals surface area (Å²) in [6.07, 6.45) is 0. The topological polar surface area (TPSA) is 22.1 Å². The lowest BCUT2D eigenvalue weighted by molar-refractivity contribution is 0.415. The quantitative estimate of drug-likeness (QED) is 0.605. The molecule has 1 aromatic carbocycles. The van der Waals surface area contributed by atoms with E-state index in [9.17, 15) is 0 Å². The molecule has 2 rings (SSSR count). The Labute approximate surface area is 75.6 Å². The number of thiazole rings is 1. The summed E-state index contributed by atoms with van der Waals surface area (Å²) in [6.45, 7) is 0. The minimum Gasteiger partial charge on any atom is -0.497 e. The van der Waals surface area contributed by atoms with E-state index in [-0.39, 0.29) is 0 Å². The first-order chi connectivity index (χ1) is 5.79. The molecule has 0 aliphatic rings. The number of ether oxygens (including phenoxy) is 1. The third-order valence-electron chi connectivity index (χ3n) is 1.61. The first-order valence-electron chi connectivity index (χ1n) is 3.49. The van der Waals surface area contributed by atoms with Gasteiger partial charge in [-0.05, 0) is 12.1 Å². The van der Waals surface area contributed by atoms with Gasteiger partial charge in [-0.25, -0.2) is 0 Å². The molecule has 0 fully saturated rings. The Balaban J connectivity index is 2.66. The summed E-state index contributed by atoms with van der Waals surface area (Å²) in [6, 6.07) is 5.74. The number of nitrogens with zero attached hydrogens (tertiary/aromatic N) is 1. The van der Waals surface area contributed by atoms with Crippen LogP contribution in [0.1, 0.15) is 0 Å². The van der Waals surface area contributed by atoms with Crippen LogP contribution in [0.5, 0.6) is 5.75 Å². The molecule has 0 saturated heterocycles. The fourth-order valence-corrected chi connectivity index (χ4v) is 1.77. The molecule has 0 amide bonds. The Morgan fingerprint density at radius 3 is 3.08 bits per heavy atom. The zero-order valence-electron chi connectivity index (χ0n) is 6.57. The van der Waals surface area contributed by atoms with Gasteiger partial charge in [0.1, 0.15) is 5.75 Å². The lowest BCUT2D eigenvalue weighted by Crippen LogP contribution is -1.96. The smallest absolute Gasteiger partial charge is 0.157 e. The molecule has 0 N–H and O–H groups in total. The Bertz CT molecular complexity index is 412. The Morgan fingerprint density at radius 1 is 1.50 bits per heavy atom. The van der Waals surface area contributed by atoms with Gasteiger partial charge in [-0.2, -0.15) is 0 Å². The van der Waals surface area contributed by atoms with E-state index < -0.39 is 0 Å². The van der Waals surface area contributed by atoms with Crippen LogP contribution in [-0.2, 0) is 0 Å². The second-order valence-electron chi connectivity index (χ2n) is 2.39. The highest BCUT2D eigenvalue weighted by Gasteiger charge is 2.00. The molecule has 0 saturated carbocycles. The van der Waals surface area contributed by atoms with Crippen molar-refractivity contribution < 1.29 is 4.74 Å². The van der Waals surface area contributed by atoms with Gasteiger partial charge in [0, 0.05) is 11.0 Å². The summed E-state index contributed by atoms with van der Waals surface area (Å²) in [5.74, 6) is 0.813. The third-order valence-corrected chi connectivity index (χ3v) is 2.48. The van der Waals surface area contributed by atoms with Gasteiger partial charge in [0.25, 0.3) is 0 Å². The number of methoxy groups -OCH3 is 1. The van der Waals surface area contributed by atoms with Crippen molar-refractivity contribution in [3.63, 3.8) is 0 Å². The van der Waals surface area contributed by atoms with Crippen LogP contribution in [0.15, 0.2) is 18.2 Å². The fraction of sp³-hybridized carbons (Fsp3) is 0.125. The highest BCUT2D eigenvalue weighted by atomic mass is 32.1. The van der Waals surface area contributed by atoms with E-state index in [1.54, 1.807) is 7.11 Å². The zero-order valence-corrected chi connectivity index (χ0v) is 7.39. The third kappa shape index (κ3) is 1.18. The average Bonchev–Trinajstić information content (AvgIpc) is 2.43. The lowest BCUT2D eigenvalue weighted by atomic mass is 10.2. The average molecular weight is 175 g/mol. The van der Waals surface area contributed by atoms with Gasteiger partial charge in [-0.3, -0.25) is 4.98 Å². The SMILES string of the molecule is [B]c1nc2cc(OC)ccc2s1. The highest BCUT2D eigenvalue weighted by molar-refractivity contribution is 7.25. The molecule has 12 heavy (non-hydrogen) atoms. The van der Waals surface area contributed by atoms with Crippen molar-refractivity contribution in [2.75, 3.05) is 7.11 Å². The molecule has 0 aliphatic carbocycles. The van der Waals surface area contributed by atoms with Gasteiger partial charge in [-0.15, -0.1) is 11.3 Å². The minimum absolute atomic E-state index is 0.596. The molecule has 2 radical (unpaired) electrons. The van der Waals surface area contributed by atoms with E-state index in [4.69, 9.17) is 12.6 Å². The summed E-state index contributed by atoms with van der Waals surface area (Å²) in [7, 11) is 7.18. The van der Waals surface area contributed by atoms with Crippen LogP contribution in [0.25, 0.3) is 10.2 Å². The molecule has 2 aromatic rings. The minimum atomic E-state index is 0.596. The van der Waals surface area contributed by atoms with Crippen LogP contribution >= 0.6 is 11.3 Å². The molecule has 0 atom stereocenters.